The number of aromatic nitrogens is 1. The number of rotatable bonds is 5. The van der Waals surface area contributed by atoms with E-state index in [9.17, 15) is 4.79 Å². The number of likely N-dealkylation sites (tertiary alicyclic amines) is 1. The minimum atomic E-state index is -0.0582. The smallest absolute Gasteiger partial charge is 0.276 e. The Bertz CT molecular complexity index is 639. The van der Waals surface area contributed by atoms with Crippen LogP contribution in [0, 0.1) is 5.92 Å². The monoisotopic (exact) mass is 314 g/mol. The molecule has 1 aromatic carbocycles. The van der Waals surface area contributed by atoms with Gasteiger partial charge in [0.25, 0.3) is 5.91 Å². The van der Waals surface area contributed by atoms with Crippen LogP contribution in [0.1, 0.15) is 30.3 Å². The number of hydrogen-bond acceptors (Lipinski definition) is 4. The Morgan fingerprint density at radius 3 is 3.00 bits per heavy atom. The molecule has 1 fully saturated rings. The van der Waals surface area contributed by atoms with Gasteiger partial charge in [-0.1, -0.05) is 35.5 Å². The van der Waals surface area contributed by atoms with Crippen molar-refractivity contribution >= 4 is 5.91 Å². The third kappa shape index (κ3) is 3.79. The van der Waals surface area contributed by atoms with E-state index >= 15 is 0 Å². The second-order valence-corrected chi connectivity index (χ2v) is 5.86. The van der Waals surface area contributed by atoms with Crippen LogP contribution in [0.3, 0.4) is 0 Å². The molecule has 23 heavy (non-hydrogen) atoms. The zero-order chi connectivity index (χ0) is 16.1. The van der Waals surface area contributed by atoms with Crippen LogP contribution in [0.4, 0.5) is 0 Å². The van der Waals surface area contributed by atoms with Gasteiger partial charge in [-0.05, 0) is 25.7 Å². The average molecular weight is 314 g/mol. The highest BCUT2D eigenvalue weighted by Gasteiger charge is 2.26. The van der Waals surface area contributed by atoms with Gasteiger partial charge < -0.3 is 14.2 Å². The fourth-order valence-corrected chi connectivity index (χ4v) is 2.95. The van der Waals surface area contributed by atoms with Crippen molar-refractivity contribution in [3.8, 4) is 11.3 Å². The molecule has 0 spiro atoms. The van der Waals surface area contributed by atoms with Gasteiger partial charge in [-0.15, -0.1) is 0 Å². The lowest BCUT2D eigenvalue weighted by Gasteiger charge is -2.32. The number of hydrogen-bond donors (Lipinski definition) is 0. The Morgan fingerprint density at radius 1 is 1.39 bits per heavy atom. The van der Waals surface area contributed by atoms with E-state index in [2.05, 4.69) is 5.16 Å². The summed E-state index contributed by atoms with van der Waals surface area (Å²) in [5.41, 5.74) is 1.30. The van der Waals surface area contributed by atoms with Crippen molar-refractivity contribution in [3.05, 3.63) is 42.1 Å². The maximum Gasteiger partial charge on any atom is 0.276 e. The molecule has 1 saturated heterocycles. The van der Waals surface area contributed by atoms with E-state index in [0.29, 0.717) is 30.6 Å². The van der Waals surface area contributed by atoms with Crippen LogP contribution in [-0.2, 0) is 4.74 Å². The Morgan fingerprint density at radius 2 is 2.22 bits per heavy atom. The largest absolute Gasteiger partial charge is 0.381 e. The Hall–Kier alpha value is -2.14. The number of amides is 1. The predicted octanol–water partition coefficient (Wildman–Crippen LogP) is 3.23. The summed E-state index contributed by atoms with van der Waals surface area (Å²) in [6, 6.07) is 11.4. The fourth-order valence-electron chi connectivity index (χ4n) is 2.95. The second kappa shape index (κ2) is 7.42. The van der Waals surface area contributed by atoms with E-state index in [4.69, 9.17) is 9.26 Å². The summed E-state index contributed by atoms with van der Waals surface area (Å²) in [4.78, 5) is 14.5. The molecule has 5 nitrogen and oxygen atoms in total. The maximum absolute atomic E-state index is 12.6. The third-order valence-electron chi connectivity index (χ3n) is 4.15. The molecule has 1 amide bonds. The van der Waals surface area contributed by atoms with E-state index in [0.717, 1.165) is 31.5 Å². The van der Waals surface area contributed by atoms with Gasteiger partial charge in [0.1, 0.15) is 0 Å². The van der Waals surface area contributed by atoms with Crippen molar-refractivity contribution in [2.75, 3.05) is 26.3 Å². The second-order valence-electron chi connectivity index (χ2n) is 5.86. The van der Waals surface area contributed by atoms with Crippen molar-refractivity contribution in [1.82, 2.24) is 10.1 Å². The highest BCUT2D eigenvalue weighted by molar-refractivity contribution is 5.93. The summed E-state index contributed by atoms with van der Waals surface area (Å²) in [7, 11) is 0. The molecule has 0 radical (unpaired) electrons. The molecular formula is C18H22N2O3. The van der Waals surface area contributed by atoms with Gasteiger partial charge in [-0.3, -0.25) is 4.79 Å². The van der Waals surface area contributed by atoms with E-state index in [1.165, 1.54) is 0 Å². The first-order chi connectivity index (χ1) is 11.3. The molecule has 2 heterocycles. The summed E-state index contributed by atoms with van der Waals surface area (Å²) in [5.74, 6) is 0.974. The third-order valence-corrected chi connectivity index (χ3v) is 4.15. The van der Waals surface area contributed by atoms with Gasteiger partial charge in [0.15, 0.2) is 11.5 Å². The molecule has 0 saturated carbocycles. The molecule has 1 atom stereocenters. The van der Waals surface area contributed by atoms with Crippen LogP contribution < -0.4 is 0 Å². The summed E-state index contributed by atoms with van der Waals surface area (Å²) in [6.07, 6.45) is 2.12. The lowest BCUT2D eigenvalue weighted by Crippen LogP contribution is -2.41. The lowest BCUT2D eigenvalue weighted by molar-refractivity contribution is 0.0493. The van der Waals surface area contributed by atoms with Crippen molar-refractivity contribution in [2.45, 2.75) is 19.8 Å². The lowest BCUT2D eigenvalue weighted by atomic mass is 9.98. The normalized spacial score (nSPS) is 18.1. The van der Waals surface area contributed by atoms with Gasteiger partial charge >= 0.3 is 0 Å². The Balaban J connectivity index is 1.67. The highest BCUT2D eigenvalue weighted by Crippen LogP contribution is 2.22. The van der Waals surface area contributed by atoms with Crippen LogP contribution in [0.5, 0.6) is 0 Å². The van der Waals surface area contributed by atoms with Crippen molar-refractivity contribution < 1.29 is 14.1 Å². The molecule has 2 aromatic rings. The molecule has 1 aromatic heterocycles. The van der Waals surface area contributed by atoms with Crippen LogP contribution >= 0.6 is 0 Å². The average Bonchev–Trinajstić information content (AvgIpc) is 3.10. The van der Waals surface area contributed by atoms with Gasteiger partial charge in [-0.25, -0.2) is 0 Å². The van der Waals surface area contributed by atoms with Crippen LogP contribution in [0.2, 0.25) is 0 Å². The van der Waals surface area contributed by atoms with E-state index in [-0.39, 0.29) is 5.91 Å². The van der Waals surface area contributed by atoms with Crippen LogP contribution in [0.25, 0.3) is 11.3 Å². The summed E-state index contributed by atoms with van der Waals surface area (Å²) < 4.78 is 10.8. The first kappa shape index (κ1) is 15.7. The van der Waals surface area contributed by atoms with Gasteiger partial charge in [0.05, 0.1) is 6.61 Å². The zero-order valence-electron chi connectivity index (χ0n) is 13.4. The molecule has 3 rings (SSSR count). The molecule has 1 aliphatic rings. The van der Waals surface area contributed by atoms with E-state index < -0.39 is 0 Å². The van der Waals surface area contributed by atoms with E-state index in [1.54, 1.807) is 6.07 Å². The van der Waals surface area contributed by atoms with E-state index in [1.807, 2.05) is 42.2 Å². The number of carbonyl (C=O) groups excluding carboxylic acids is 1. The van der Waals surface area contributed by atoms with Crippen molar-refractivity contribution in [2.24, 2.45) is 5.92 Å². The number of nitrogens with zero attached hydrogens (tertiary/aromatic N) is 2. The van der Waals surface area contributed by atoms with Gasteiger partial charge in [0, 0.05) is 31.3 Å². The quantitative estimate of drug-likeness (QED) is 0.850. The SMILES string of the molecule is CCOCC1CCCN(C(=O)c2cc(-c3ccccc3)on2)C1. The molecule has 0 N–H and O–H groups in total. The first-order valence-electron chi connectivity index (χ1n) is 8.17. The molecule has 1 aliphatic heterocycles. The summed E-state index contributed by atoms with van der Waals surface area (Å²) in [5, 5.41) is 3.96. The van der Waals surface area contributed by atoms with Crippen LogP contribution in [0.15, 0.2) is 40.9 Å². The van der Waals surface area contributed by atoms with Gasteiger partial charge in [0.2, 0.25) is 0 Å². The molecule has 1 unspecified atom stereocenters. The first-order valence-corrected chi connectivity index (χ1v) is 8.17. The fraction of sp³-hybridized carbons (Fsp3) is 0.444. The number of piperidine rings is 1. The topological polar surface area (TPSA) is 55.6 Å². The highest BCUT2D eigenvalue weighted by atomic mass is 16.5. The minimum absolute atomic E-state index is 0.0582. The van der Waals surface area contributed by atoms with Gasteiger partial charge in [-0.2, -0.15) is 0 Å². The maximum atomic E-state index is 12.6. The molecular weight excluding hydrogens is 292 g/mol. The molecule has 122 valence electrons. The van der Waals surface area contributed by atoms with Crippen LogP contribution in [-0.4, -0.2) is 42.3 Å². The Kier molecular flexibility index (Phi) is 5.08. The summed E-state index contributed by atoms with van der Waals surface area (Å²) in [6.45, 7) is 4.93. The Labute approximate surface area is 136 Å². The minimum Gasteiger partial charge on any atom is -0.381 e. The van der Waals surface area contributed by atoms with Crippen molar-refractivity contribution in [1.29, 1.82) is 0 Å². The number of carbonyl (C=O) groups is 1. The predicted molar refractivity (Wildman–Crippen MR) is 87.1 cm³/mol. The van der Waals surface area contributed by atoms with Crippen molar-refractivity contribution in [3.63, 3.8) is 0 Å². The summed E-state index contributed by atoms with van der Waals surface area (Å²) >= 11 is 0. The number of benzene rings is 1. The molecule has 0 aliphatic carbocycles. The molecule has 0 bridgehead atoms. The standard InChI is InChI=1S/C18H22N2O3/c1-2-22-13-14-7-6-10-20(12-14)18(21)16-11-17(23-19-16)15-8-4-3-5-9-15/h3-5,8-9,11,14H,2,6-7,10,12-13H2,1H3. The number of ether oxygens (including phenoxy) is 1. The molecule has 5 heteroatoms. The zero-order valence-corrected chi connectivity index (χ0v) is 13.4.